The van der Waals surface area contributed by atoms with Crippen LogP contribution in [0.5, 0.6) is 28.7 Å². The summed E-state index contributed by atoms with van der Waals surface area (Å²) in [6.45, 7) is 8.12. The average Bonchev–Trinajstić information content (AvgIpc) is 3.68. The van der Waals surface area contributed by atoms with Crippen molar-refractivity contribution in [1.29, 1.82) is 0 Å². The van der Waals surface area contributed by atoms with Gasteiger partial charge in [-0.3, -0.25) is 4.98 Å². The number of methoxy groups -OCH3 is 1. The van der Waals surface area contributed by atoms with Gasteiger partial charge in [0.05, 0.1) is 24.2 Å². The number of ether oxygens (including phenoxy) is 6. The highest BCUT2D eigenvalue weighted by atomic mass is 16.7. The number of pyridine rings is 1. The summed E-state index contributed by atoms with van der Waals surface area (Å²) in [4.78, 5) is 45.7. The van der Waals surface area contributed by atoms with Crippen LogP contribution in [0.3, 0.4) is 0 Å². The van der Waals surface area contributed by atoms with Crippen molar-refractivity contribution in [1.82, 2.24) is 14.8 Å². The molecule has 0 saturated heterocycles. The largest absolute Gasteiger partial charge is 0.507 e. The van der Waals surface area contributed by atoms with E-state index in [1.54, 1.807) is 71.4 Å². The van der Waals surface area contributed by atoms with E-state index in [-0.39, 0.29) is 49.2 Å². The topological polar surface area (TPSA) is 171 Å². The van der Waals surface area contributed by atoms with Crippen LogP contribution >= 0.6 is 0 Å². The first-order valence-corrected chi connectivity index (χ1v) is 18.5. The SMILES string of the molecule is CCc1cc2c(cc1-c1cc3ccc(OC)c(OC(=O)c4cc(N=Nc5ccc(COC(=O)N(C)CCN(C)C(=O)OC(C)(C)C)cc5)ccc4O)c3cn1)OCO2. The highest BCUT2D eigenvalue weighted by Gasteiger charge is 2.23. The number of benzene rings is 4. The van der Waals surface area contributed by atoms with E-state index in [0.29, 0.717) is 34.0 Å². The molecule has 6 rings (SSSR count). The number of phenols is 1. The average molecular weight is 792 g/mol. The Bertz CT molecular complexity index is 2360. The van der Waals surface area contributed by atoms with E-state index in [9.17, 15) is 19.5 Å². The van der Waals surface area contributed by atoms with Gasteiger partial charge in [0.1, 0.15) is 23.5 Å². The van der Waals surface area contributed by atoms with Gasteiger partial charge in [-0.25, -0.2) is 14.4 Å². The number of hydrogen-bond donors (Lipinski definition) is 1. The van der Waals surface area contributed by atoms with Gasteiger partial charge >= 0.3 is 18.2 Å². The molecule has 0 fully saturated rings. The maximum atomic E-state index is 13.6. The number of phenolic OH excluding ortho intramolecular Hbond substituents is 1. The summed E-state index contributed by atoms with van der Waals surface area (Å²) in [5, 5.41) is 20.4. The molecule has 0 bridgehead atoms. The number of aromatic hydroxyl groups is 1. The van der Waals surface area contributed by atoms with Crippen molar-refractivity contribution in [2.75, 3.05) is 41.1 Å². The molecule has 2 amide bonds. The molecule has 58 heavy (non-hydrogen) atoms. The summed E-state index contributed by atoms with van der Waals surface area (Å²) in [5.74, 6) is 0.644. The molecule has 4 aromatic carbocycles. The Labute approximate surface area is 335 Å². The lowest BCUT2D eigenvalue weighted by Gasteiger charge is -2.26. The van der Waals surface area contributed by atoms with Crippen LogP contribution < -0.4 is 18.9 Å². The maximum absolute atomic E-state index is 13.6. The van der Waals surface area contributed by atoms with E-state index < -0.39 is 23.8 Å². The van der Waals surface area contributed by atoms with Crippen LogP contribution in [0.4, 0.5) is 21.0 Å². The lowest BCUT2D eigenvalue weighted by Crippen LogP contribution is -2.40. The van der Waals surface area contributed by atoms with Crippen molar-refractivity contribution in [3.05, 3.63) is 95.7 Å². The molecule has 1 aliphatic rings. The van der Waals surface area contributed by atoms with E-state index in [2.05, 4.69) is 17.2 Å². The van der Waals surface area contributed by atoms with Gasteiger partial charge in [0.25, 0.3) is 0 Å². The molecular formula is C43H45N5O10. The number of esters is 1. The Morgan fingerprint density at radius 2 is 1.53 bits per heavy atom. The Morgan fingerprint density at radius 1 is 0.862 bits per heavy atom. The van der Waals surface area contributed by atoms with E-state index in [0.717, 1.165) is 28.5 Å². The standard InChI is InChI=1S/C43H45N5O10/c1-8-27-20-37-38(56-25-55-37)22-31(27)34-19-28-11-16-36(53-7)39(33(28)23-44-34)57-40(50)32-21-30(14-15-35(32)49)46-45-29-12-9-26(10-13-29)24-54-41(51)47(5)17-18-48(6)42(52)58-43(2,3)4/h9-16,19-23,49H,8,17-18,24-25H2,1-7H3. The number of likely N-dealkylation sites (N-methyl/N-ethyl adjacent to an activating group) is 2. The first-order chi connectivity index (χ1) is 27.7. The van der Waals surface area contributed by atoms with Crippen LogP contribution in [-0.2, 0) is 22.5 Å². The molecular weight excluding hydrogens is 746 g/mol. The number of aryl methyl sites for hydroxylation is 1. The zero-order valence-corrected chi connectivity index (χ0v) is 33.4. The third kappa shape index (κ3) is 9.72. The van der Waals surface area contributed by atoms with E-state index in [4.69, 9.17) is 33.4 Å². The smallest absolute Gasteiger partial charge is 0.410 e. The quantitative estimate of drug-likeness (QED) is 0.0727. The minimum absolute atomic E-state index is 0.0182. The summed E-state index contributed by atoms with van der Waals surface area (Å²) in [6, 6.07) is 20.4. The fourth-order valence-corrected chi connectivity index (χ4v) is 5.85. The second kappa shape index (κ2) is 17.5. The summed E-state index contributed by atoms with van der Waals surface area (Å²) in [7, 11) is 4.65. The van der Waals surface area contributed by atoms with Gasteiger partial charge in [-0.2, -0.15) is 10.2 Å². The van der Waals surface area contributed by atoms with Crippen molar-refractivity contribution in [3.8, 4) is 40.0 Å². The molecule has 0 saturated carbocycles. The third-order valence-corrected chi connectivity index (χ3v) is 9.06. The van der Waals surface area contributed by atoms with Gasteiger partial charge in [0.2, 0.25) is 6.79 Å². The summed E-state index contributed by atoms with van der Waals surface area (Å²) in [5.41, 5.74) is 3.40. The number of hydrogen-bond acceptors (Lipinski definition) is 13. The molecule has 0 aliphatic carbocycles. The van der Waals surface area contributed by atoms with Gasteiger partial charge in [-0.15, -0.1) is 0 Å². The Hall–Kier alpha value is -6.90. The van der Waals surface area contributed by atoms with Gasteiger partial charge in [0.15, 0.2) is 23.0 Å². The van der Waals surface area contributed by atoms with Crippen LogP contribution in [0.2, 0.25) is 0 Å². The zero-order chi connectivity index (χ0) is 41.6. The number of carbonyl (C=O) groups excluding carboxylic acids is 3. The minimum atomic E-state index is -0.840. The molecule has 0 atom stereocenters. The highest BCUT2D eigenvalue weighted by Crippen LogP contribution is 2.41. The molecule has 1 aliphatic heterocycles. The summed E-state index contributed by atoms with van der Waals surface area (Å²) >= 11 is 0. The van der Waals surface area contributed by atoms with Crippen molar-refractivity contribution in [2.45, 2.75) is 46.3 Å². The molecule has 1 N–H and O–H groups in total. The van der Waals surface area contributed by atoms with Crippen molar-refractivity contribution < 1.29 is 47.9 Å². The van der Waals surface area contributed by atoms with Crippen molar-refractivity contribution in [3.63, 3.8) is 0 Å². The van der Waals surface area contributed by atoms with Gasteiger partial charge < -0.3 is 43.3 Å². The number of aromatic nitrogens is 1. The third-order valence-electron chi connectivity index (χ3n) is 9.06. The minimum Gasteiger partial charge on any atom is -0.507 e. The van der Waals surface area contributed by atoms with E-state index >= 15 is 0 Å². The normalized spacial score (nSPS) is 12.1. The Morgan fingerprint density at radius 3 is 2.22 bits per heavy atom. The molecule has 0 unspecified atom stereocenters. The van der Waals surface area contributed by atoms with Gasteiger partial charge in [-0.05, 0) is 98.3 Å². The Balaban J connectivity index is 1.09. The monoisotopic (exact) mass is 791 g/mol. The predicted molar refractivity (Wildman–Crippen MR) is 215 cm³/mol. The van der Waals surface area contributed by atoms with E-state index in [1.807, 2.05) is 24.3 Å². The number of rotatable bonds is 12. The molecule has 0 spiro atoms. The zero-order valence-electron chi connectivity index (χ0n) is 33.4. The number of nitrogens with zero attached hydrogens (tertiary/aromatic N) is 5. The molecule has 1 aromatic heterocycles. The predicted octanol–water partition coefficient (Wildman–Crippen LogP) is 8.98. The number of fused-ring (bicyclic) bond motifs is 2. The van der Waals surface area contributed by atoms with Crippen molar-refractivity contribution in [2.24, 2.45) is 10.2 Å². The van der Waals surface area contributed by atoms with Crippen LogP contribution in [0.25, 0.3) is 22.0 Å². The lowest BCUT2D eigenvalue weighted by molar-refractivity contribution is 0.0281. The molecule has 15 nitrogen and oxygen atoms in total. The van der Waals surface area contributed by atoms with Crippen LogP contribution in [-0.4, -0.2) is 84.7 Å². The van der Waals surface area contributed by atoms with Crippen LogP contribution in [0.1, 0.15) is 49.2 Å². The first kappa shape index (κ1) is 40.8. The summed E-state index contributed by atoms with van der Waals surface area (Å²) in [6.07, 6.45) is 1.35. The molecule has 2 heterocycles. The molecule has 5 aromatic rings. The van der Waals surface area contributed by atoms with Crippen LogP contribution in [0, 0.1) is 0 Å². The van der Waals surface area contributed by atoms with Gasteiger partial charge in [-0.1, -0.05) is 25.1 Å². The molecule has 0 radical (unpaired) electrons. The fourth-order valence-electron chi connectivity index (χ4n) is 5.85. The second-order valence-electron chi connectivity index (χ2n) is 14.4. The van der Waals surface area contributed by atoms with Crippen molar-refractivity contribution >= 4 is 40.3 Å². The number of carbonyl (C=O) groups is 3. The first-order valence-electron chi connectivity index (χ1n) is 18.5. The van der Waals surface area contributed by atoms with Gasteiger partial charge in [0, 0.05) is 44.3 Å². The number of amides is 2. The van der Waals surface area contributed by atoms with E-state index in [1.165, 1.54) is 35.1 Å². The summed E-state index contributed by atoms with van der Waals surface area (Å²) < 4.78 is 33.3. The second-order valence-corrected chi connectivity index (χ2v) is 14.4. The van der Waals surface area contributed by atoms with Crippen LogP contribution in [0.15, 0.2) is 89.2 Å². The molecule has 302 valence electrons. The lowest BCUT2D eigenvalue weighted by atomic mass is 9.99. The molecule has 15 heteroatoms. The number of azo groups is 1. The highest BCUT2D eigenvalue weighted by molar-refractivity contribution is 5.99. The fraction of sp³-hybridized carbons (Fsp3) is 0.302. The Kier molecular flexibility index (Phi) is 12.3. The maximum Gasteiger partial charge on any atom is 0.410 e.